The first-order valence-electron chi connectivity index (χ1n) is 18.5. The van der Waals surface area contributed by atoms with Crippen LogP contribution in [0, 0.1) is 11.8 Å². The molecule has 0 nitrogen and oxygen atoms in total. The molecular formula is C40H58Cl2S4Sn2. The van der Waals surface area contributed by atoms with Crippen LogP contribution in [0.5, 0.6) is 0 Å². The van der Waals surface area contributed by atoms with Gasteiger partial charge < -0.3 is 0 Å². The molecule has 0 spiro atoms. The first kappa shape index (κ1) is 40.2. The number of thiophene rings is 4. The van der Waals surface area contributed by atoms with Gasteiger partial charge in [0.05, 0.1) is 0 Å². The van der Waals surface area contributed by atoms with Crippen LogP contribution in [0.2, 0.25) is 39.7 Å². The van der Waals surface area contributed by atoms with Gasteiger partial charge in [0.1, 0.15) is 0 Å². The zero-order chi connectivity index (χ0) is 35.0. The van der Waals surface area contributed by atoms with E-state index in [-0.39, 0.29) is 11.8 Å². The van der Waals surface area contributed by atoms with Crippen LogP contribution in [-0.2, 0) is 12.8 Å². The topological polar surface area (TPSA) is 0 Å². The molecular weight excluding hydrogens is 917 g/mol. The summed E-state index contributed by atoms with van der Waals surface area (Å²) in [5.74, 6) is 2.01. The number of unbranched alkanes of at least 4 members (excludes halogenated alkanes) is 2. The molecule has 4 heterocycles. The molecule has 0 fully saturated rings. The summed E-state index contributed by atoms with van der Waals surface area (Å²) in [6.45, 7) is 9.33. The van der Waals surface area contributed by atoms with Gasteiger partial charge in [0, 0.05) is 0 Å². The number of fused-ring (bicyclic) bond motifs is 2. The van der Waals surface area contributed by atoms with Crippen LogP contribution in [0.15, 0.2) is 24.3 Å². The van der Waals surface area contributed by atoms with Gasteiger partial charge >= 0.3 is 317 Å². The Morgan fingerprint density at radius 3 is 1.27 bits per heavy atom. The average molecular weight is 975 g/mol. The Bertz CT molecular complexity index is 1500. The molecule has 4 aromatic rings. The van der Waals surface area contributed by atoms with Gasteiger partial charge in [-0.05, 0) is 0 Å². The van der Waals surface area contributed by atoms with Gasteiger partial charge in [-0.25, -0.2) is 0 Å². The first-order valence-corrected chi connectivity index (χ1v) is 42.5. The van der Waals surface area contributed by atoms with Crippen molar-refractivity contribution in [1.82, 2.24) is 0 Å². The SMILES string of the molecule is CCCCC(CC)Cc1sc(C2c3c[c]([Sn]([CH3])([CH3])[CH3])sc3C(c3cc(Cl)c(CC(CC)CCCC)s3)c3c[c]([Sn]([CH3])([CH3])[CH3])sc32)cc1Cl. The Balaban J connectivity index is 1.66. The van der Waals surface area contributed by atoms with Crippen molar-refractivity contribution in [1.29, 1.82) is 0 Å². The van der Waals surface area contributed by atoms with Gasteiger partial charge in [0.2, 0.25) is 0 Å². The van der Waals surface area contributed by atoms with E-state index in [2.05, 4.69) is 104 Å². The number of hydrogen-bond acceptors (Lipinski definition) is 4. The second kappa shape index (κ2) is 17.0. The van der Waals surface area contributed by atoms with Crippen LogP contribution in [-0.4, -0.2) is 36.8 Å². The van der Waals surface area contributed by atoms with Crippen molar-refractivity contribution < 1.29 is 0 Å². The zero-order valence-corrected chi connectivity index (χ0v) is 41.6. The molecule has 4 unspecified atom stereocenters. The summed E-state index contributed by atoms with van der Waals surface area (Å²) in [6.07, 6.45) is 12.4. The van der Waals surface area contributed by atoms with Crippen molar-refractivity contribution in [2.45, 2.75) is 133 Å². The predicted octanol–water partition coefficient (Wildman–Crippen LogP) is 14.5. The quantitative estimate of drug-likeness (QED) is 0.0865. The van der Waals surface area contributed by atoms with E-state index >= 15 is 0 Å². The maximum absolute atomic E-state index is 7.16. The van der Waals surface area contributed by atoms with Gasteiger partial charge in [-0.3, -0.25) is 0 Å². The molecule has 1 aliphatic rings. The van der Waals surface area contributed by atoms with E-state index in [1.54, 1.807) is 26.7 Å². The Kier molecular flexibility index (Phi) is 14.2. The van der Waals surface area contributed by atoms with E-state index < -0.39 is 36.8 Å². The van der Waals surface area contributed by atoms with E-state index in [0.29, 0.717) is 11.8 Å². The average Bonchev–Trinajstić information content (AvgIpc) is 3.81. The van der Waals surface area contributed by atoms with E-state index in [4.69, 9.17) is 23.2 Å². The van der Waals surface area contributed by atoms with Gasteiger partial charge in [-0.15, -0.1) is 0 Å². The third kappa shape index (κ3) is 9.01. The van der Waals surface area contributed by atoms with Gasteiger partial charge in [0.15, 0.2) is 0 Å². The normalized spacial score (nSPS) is 17.8. The number of rotatable bonds is 16. The van der Waals surface area contributed by atoms with Crippen LogP contribution in [0.3, 0.4) is 0 Å². The molecule has 48 heavy (non-hydrogen) atoms. The third-order valence-electron chi connectivity index (χ3n) is 10.4. The molecule has 4 atom stereocenters. The molecule has 0 saturated heterocycles. The van der Waals surface area contributed by atoms with Crippen LogP contribution in [0.1, 0.15) is 131 Å². The molecule has 264 valence electrons. The zero-order valence-electron chi connectivity index (χ0n) is 31.1. The molecule has 1 aliphatic carbocycles. The minimum atomic E-state index is -2.37. The van der Waals surface area contributed by atoms with Crippen LogP contribution in [0.25, 0.3) is 0 Å². The first-order chi connectivity index (χ1) is 22.7. The molecule has 5 rings (SSSR count). The Morgan fingerprint density at radius 1 is 0.583 bits per heavy atom. The number of halogens is 2. The van der Waals surface area contributed by atoms with Crippen molar-refractivity contribution in [2.24, 2.45) is 11.8 Å². The molecule has 0 amide bonds. The Labute approximate surface area is 327 Å². The van der Waals surface area contributed by atoms with Crippen molar-refractivity contribution in [3.05, 3.63) is 74.7 Å². The molecule has 0 saturated carbocycles. The van der Waals surface area contributed by atoms with Crippen LogP contribution < -0.4 is 5.79 Å². The summed E-state index contributed by atoms with van der Waals surface area (Å²) in [7, 11) is 0. The predicted molar refractivity (Wildman–Crippen MR) is 229 cm³/mol. The molecule has 0 bridgehead atoms. The molecule has 0 aromatic carbocycles. The molecule has 8 heteroatoms. The van der Waals surface area contributed by atoms with Crippen molar-refractivity contribution in [2.75, 3.05) is 0 Å². The Morgan fingerprint density at radius 2 is 0.958 bits per heavy atom. The molecule has 0 N–H and O–H groups in total. The minimum absolute atomic E-state index is 0.290. The summed E-state index contributed by atoms with van der Waals surface area (Å²) in [4.78, 5) is 24.4. The summed E-state index contributed by atoms with van der Waals surface area (Å²) in [6, 6.07) is 10.1. The monoisotopic (exact) mass is 976 g/mol. The summed E-state index contributed by atoms with van der Waals surface area (Å²) < 4.78 is 3.38. The standard InChI is InChI=1S/C34H40Cl2S4.6CH3.2Sn/c1-5-9-11-21(7-3)17-27-25(35)19-29(39-27)31-23-13-15-38-34(23)32(24-14-16-37-33(24)31)30-20-26(36)28(40-30)18-22(8-4)12-10-6-2;;;;;;;;/h13-14,19-22,31-32H,5-12,17-18H2,1-4H3;6*1H3;;. The fraction of sp³-hybridized carbons (Fsp3) is 0.600. The second-order valence-electron chi connectivity index (χ2n) is 16.3. The fourth-order valence-electron chi connectivity index (χ4n) is 7.15. The van der Waals surface area contributed by atoms with E-state index in [9.17, 15) is 0 Å². The van der Waals surface area contributed by atoms with Crippen molar-refractivity contribution in [3.8, 4) is 0 Å². The fourth-order valence-corrected chi connectivity index (χ4v) is 23.9. The van der Waals surface area contributed by atoms with E-state index in [1.165, 1.54) is 70.9 Å². The van der Waals surface area contributed by atoms with Crippen molar-refractivity contribution >= 4 is 111 Å². The van der Waals surface area contributed by atoms with Gasteiger partial charge in [-0.2, -0.15) is 0 Å². The molecule has 0 radical (unpaired) electrons. The molecule has 0 aliphatic heterocycles. The van der Waals surface area contributed by atoms with Crippen molar-refractivity contribution in [3.63, 3.8) is 0 Å². The third-order valence-corrected chi connectivity index (χ3v) is 35.0. The second-order valence-corrected chi connectivity index (χ2v) is 52.5. The van der Waals surface area contributed by atoms with Crippen LogP contribution >= 0.6 is 68.5 Å². The van der Waals surface area contributed by atoms with E-state index in [1.807, 2.05) is 22.7 Å². The van der Waals surface area contributed by atoms with E-state index in [0.717, 1.165) is 22.9 Å². The van der Waals surface area contributed by atoms with Gasteiger partial charge in [-0.1, -0.05) is 13.8 Å². The summed E-state index contributed by atoms with van der Waals surface area (Å²) in [5.41, 5.74) is 3.14. The van der Waals surface area contributed by atoms with Crippen LogP contribution in [0.4, 0.5) is 0 Å². The maximum atomic E-state index is 7.16. The molecule has 4 aromatic heterocycles. The Hall–Kier alpha value is 0.977. The summed E-state index contributed by atoms with van der Waals surface area (Å²) >= 11 is 17.9. The number of hydrogen-bond donors (Lipinski definition) is 0. The summed E-state index contributed by atoms with van der Waals surface area (Å²) in [5, 5.41) is 1.99. The van der Waals surface area contributed by atoms with Gasteiger partial charge in [0.25, 0.3) is 0 Å².